The Morgan fingerprint density at radius 3 is 2.81 bits per heavy atom. The van der Waals surface area contributed by atoms with Gasteiger partial charge >= 0.3 is 0 Å². The SMILES string of the molecule is N#CCCNS(=O)(=O)c1cc(F)ccc1Cl. The summed E-state index contributed by atoms with van der Waals surface area (Å²) in [6.45, 7) is -0.0360. The highest BCUT2D eigenvalue weighted by Gasteiger charge is 2.17. The van der Waals surface area contributed by atoms with Crippen LogP contribution in [0.15, 0.2) is 23.1 Å². The molecule has 86 valence electrons. The molecule has 0 atom stereocenters. The lowest BCUT2D eigenvalue weighted by Gasteiger charge is -2.06. The number of rotatable bonds is 4. The molecule has 1 rings (SSSR count). The molecule has 0 aliphatic rings. The van der Waals surface area contributed by atoms with Crippen molar-refractivity contribution in [3.05, 3.63) is 29.0 Å². The molecular weight excluding hydrogens is 255 g/mol. The first-order valence-corrected chi connectivity index (χ1v) is 6.15. The first kappa shape index (κ1) is 12.9. The number of hydrogen-bond acceptors (Lipinski definition) is 3. The molecule has 0 spiro atoms. The fraction of sp³-hybridized carbons (Fsp3) is 0.222. The fourth-order valence-corrected chi connectivity index (χ4v) is 2.54. The largest absolute Gasteiger partial charge is 0.242 e. The van der Waals surface area contributed by atoms with E-state index in [1.165, 1.54) is 0 Å². The van der Waals surface area contributed by atoms with Crippen LogP contribution in [0.1, 0.15) is 6.42 Å². The zero-order valence-electron chi connectivity index (χ0n) is 8.07. The third-order valence-electron chi connectivity index (χ3n) is 1.71. The maximum atomic E-state index is 12.9. The number of sulfonamides is 1. The second-order valence-electron chi connectivity index (χ2n) is 2.88. The van der Waals surface area contributed by atoms with Gasteiger partial charge in [-0.3, -0.25) is 0 Å². The van der Waals surface area contributed by atoms with Crippen LogP contribution in [0, 0.1) is 17.1 Å². The van der Waals surface area contributed by atoms with Crippen LogP contribution in [0.2, 0.25) is 5.02 Å². The van der Waals surface area contributed by atoms with Crippen molar-refractivity contribution in [2.24, 2.45) is 0 Å². The number of halogens is 2. The van der Waals surface area contributed by atoms with E-state index in [4.69, 9.17) is 16.9 Å². The third-order valence-corrected chi connectivity index (χ3v) is 3.65. The summed E-state index contributed by atoms with van der Waals surface area (Å²) in [7, 11) is -3.86. The number of hydrogen-bond donors (Lipinski definition) is 1. The van der Waals surface area contributed by atoms with E-state index in [-0.39, 0.29) is 22.9 Å². The Morgan fingerprint density at radius 1 is 1.50 bits per heavy atom. The van der Waals surface area contributed by atoms with E-state index in [0.717, 1.165) is 18.2 Å². The second kappa shape index (κ2) is 5.25. The second-order valence-corrected chi connectivity index (χ2v) is 5.02. The Balaban J connectivity index is 2.99. The molecular formula is C9H8ClFN2O2S. The minimum absolute atomic E-state index is 0.0339. The maximum absolute atomic E-state index is 12.9. The first-order valence-electron chi connectivity index (χ1n) is 4.29. The van der Waals surface area contributed by atoms with Crippen molar-refractivity contribution >= 4 is 21.6 Å². The van der Waals surface area contributed by atoms with E-state index in [0.29, 0.717) is 0 Å². The highest BCUT2D eigenvalue weighted by atomic mass is 35.5. The van der Waals surface area contributed by atoms with Crippen LogP contribution in [0.3, 0.4) is 0 Å². The normalized spacial score (nSPS) is 11.1. The molecule has 0 heterocycles. The van der Waals surface area contributed by atoms with Gasteiger partial charge in [-0.2, -0.15) is 5.26 Å². The zero-order valence-corrected chi connectivity index (χ0v) is 9.65. The smallest absolute Gasteiger partial charge is 0.210 e. The summed E-state index contributed by atoms with van der Waals surface area (Å²) in [4.78, 5) is -0.327. The molecule has 1 N–H and O–H groups in total. The van der Waals surface area contributed by atoms with Gasteiger partial charge in [-0.15, -0.1) is 0 Å². The van der Waals surface area contributed by atoms with Gasteiger partial charge in [-0.25, -0.2) is 17.5 Å². The Bertz CT molecular complexity index is 525. The Labute approximate surface area is 97.7 Å². The molecule has 0 radical (unpaired) electrons. The molecule has 0 aliphatic heterocycles. The lowest BCUT2D eigenvalue weighted by Crippen LogP contribution is -2.25. The average Bonchev–Trinajstić information content (AvgIpc) is 2.22. The van der Waals surface area contributed by atoms with E-state index < -0.39 is 15.8 Å². The molecule has 0 fully saturated rings. The summed E-state index contributed by atoms with van der Waals surface area (Å²) >= 11 is 5.64. The van der Waals surface area contributed by atoms with Crippen LogP contribution in [0.5, 0.6) is 0 Å². The predicted molar refractivity (Wildman–Crippen MR) is 56.8 cm³/mol. The highest BCUT2D eigenvalue weighted by Crippen LogP contribution is 2.21. The van der Waals surface area contributed by atoms with E-state index in [1.54, 1.807) is 6.07 Å². The third kappa shape index (κ3) is 3.17. The van der Waals surface area contributed by atoms with Crippen LogP contribution < -0.4 is 4.72 Å². The molecule has 0 aromatic heterocycles. The van der Waals surface area contributed by atoms with Crippen LogP contribution in [0.25, 0.3) is 0 Å². The maximum Gasteiger partial charge on any atom is 0.242 e. The van der Waals surface area contributed by atoms with Crippen molar-refractivity contribution in [3.8, 4) is 6.07 Å². The highest BCUT2D eigenvalue weighted by molar-refractivity contribution is 7.89. The van der Waals surface area contributed by atoms with Crippen molar-refractivity contribution in [1.29, 1.82) is 5.26 Å². The van der Waals surface area contributed by atoms with Crippen LogP contribution >= 0.6 is 11.6 Å². The van der Waals surface area contributed by atoms with Crippen molar-refractivity contribution < 1.29 is 12.8 Å². The van der Waals surface area contributed by atoms with Crippen LogP contribution in [-0.2, 0) is 10.0 Å². The zero-order chi connectivity index (χ0) is 12.2. The van der Waals surface area contributed by atoms with Crippen molar-refractivity contribution in [1.82, 2.24) is 4.72 Å². The van der Waals surface area contributed by atoms with Gasteiger partial charge in [0.25, 0.3) is 0 Å². The van der Waals surface area contributed by atoms with Crippen LogP contribution in [0.4, 0.5) is 4.39 Å². The monoisotopic (exact) mass is 262 g/mol. The first-order chi connectivity index (χ1) is 7.47. The molecule has 0 saturated heterocycles. The van der Waals surface area contributed by atoms with E-state index in [1.807, 2.05) is 0 Å². The number of benzene rings is 1. The van der Waals surface area contributed by atoms with E-state index in [2.05, 4.69) is 4.72 Å². The standard InChI is InChI=1S/C9H8ClFN2O2S/c10-8-3-2-7(11)6-9(8)16(14,15)13-5-1-4-12/h2-3,6,13H,1,5H2. The summed E-state index contributed by atoms with van der Waals surface area (Å²) in [6, 6.07) is 4.84. The van der Waals surface area contributed by atoms with Gasteiger partial charge in [0.05, 0.1) is 11.1 Å². The molecule has 0 bridgehead atoms. The quantitative estimate of drug-likeness (QED) is 0.839. The van der Waals surface area contributed by atoms with Crippen molar-refractivity contribution in [2.75, 3.05) is 6.54 Å². The van der Waals surface area contributed by atoms with Gasteiger partial charge in [-0.05, 0) is 18.2 Å². The average molecular weight is 263 g/mol. The molecule has 0 aliphatic carbocycles. The van der Waals surface area contributed by atoms with E-state index >= 15 is 0 Å². The lowest BCUT2D eigenvalue weighted by atomic mass is 10.3. The van der Waals surface area contributed by atoms with Gasteiger partial charge < -0.3 is 0 Å². The minimum atomic E-state index is -3.86. The topological polar surface area (TPSA) is 70.0 Å². The van der Waals surface area contributed by atoms with Crippen molar-refractivity contribution in [2.45, 2.75) is 11.3 Å². The van der Waals surface area contributed by atoms with Gasteiger partial charge in [0.2, 0.25) is 10.0 Å². The minimum Gasteiger partial charge on any atom is -0.210 e. The van der Waals surface area contributed by atoms with Gasteiger partial charge in [0, 0.05) is 13.0 Å². The van der Waals surface area contributed by atoms with Gasteiger partial charge in [0.15, 0.2) is 0 Å². The van der Waals surface area contributed by atoms with E-state index in [9.17, 15) is 12.8 Å². The fourth-order valence-electron chi connectivity index (χ4n) is 1.00. The summed E-state index contributed by atoms with van der Waals surface area (Å²) in [5.41, 5.74) is 0. The lowest BCUT2D eigenvalue weighted by molar-refractivity contribution is 0.578. The molecule has 1 aromatic rings. The molecule has 16 heavy (non-hydrogen) atoms. The Morgan fingerprint density at radius 2 is 2.19 bits per heavy atom. The molecule has 0 saturated carbocycles. The molecule has 0 amide bonds. The number of nitrogens with zero attached hydrogens (tertiary/aromatic N) is 1. The van der Waals surface area contributed by atoms with Crippen LogP contribution in [-0.4, -0.2) is 15.0 Å². The van der Waals surface area contributed by atoms with Gasteiger partial charge in [0.1, 0.15) is 10.7 Å². The van der Waals surface area contributed by atoms with Gasteiger partial charge in [-0.1, -0.05) is 11.6 Å². The summed E-state index contributed by atoms with van der Waals surface area (Å²) in [5, 5.41) is 8.20. The summed E-state index contributed by atoms with van der Waals surface area (Å²) in [6.07, 6.45) is 0.0339. The predicted octanol–water partition coefficient (Wildman–Crippen LogP) is 1.67. The Kier molecular flexibility index (Phi) is 4.24. The molecule has 4 nitrogen and oxygen atoms in total. The number of nitriles is 1. The molecule has 7 heteroatoms. The molecule has 0 unspecified atom stereocenters. The Hall–Kier alpha value is -1.16. The summed E-state index contributed by atoms with van der Waals surface area (Å²) in [5.74, 6) is -0.690. The van der Waals surface area contributed by atoms with Crippen molar-refractivity contribution in [3.63, 3.8) is 0 Å². The summed E-state index contributed by atoms with van der Waals surface area (Å²) < 4.78 is 38.2. The number of nitrogens with one attached hydrogen (secondary N) is 1. The molecule has 1 aromatic carbocycles.